The number of halogens is 4. The summed E-state index contributed by atoms with van der Waals surface area (Å²) in [6.07, 6.45) is -3.52. The molecule has 1 aliphatic heterocycles. The minimum Gasteiger partial charge on any atom is -0.488 e. The fourth-order valence-electron chi connectivity index (χ4n) is 5.42. The molecule has 0 unspecified atom stereocenters. The lowest BCUT2D eigenvalue weighted by Gasteiger charge is -2.32. The minimum atomic E-state index is -5.36. The number of nitrogens with one attached hydrogen (secondary N) is 1. The summed E-state index contributed by atoms with van der Waals surface area (Å²) in [6, 6.07) is 9.31. The molecule has 2 aromatic carbocycles. The zero-order valence-electron chi connectivity index (χ0n) is 25.7. The predicted molar refractivity (Wildman–Crippen MR) is 160 cm³/mol. The molecule has 3 heterocycles. The molecule has 2 aromatic heterocycles. The van der Waals surface area contributed by atoms with Gasteiger partial charge in [0.2, 0.25) is 5.60 Å². The lowest BCUT2D eigenvalue weighted by Crippen LogP contribution is -2.52. The highest BCUT2D eigenvalue weighted by Gasteiger charge is 2.57. The number of hydroxylamine groups is 1. The Morgan fingerprint density at radius 1 is 1.19 bits per heavy atom. The number of aryl methyl sites for hydroxylation is 2. The third-order valence-electron chi connectivity index (χ3n) is 8.51. The molecule has 1 aliphatic carbocycles. The van der Waals surface area contributed by atoms with E-state index in [0.29, 0.717) is 21.8 Å². The summed E-state index contributed by atoms with van der Waals surface area (Å²) < 4.78 is 70.7. The van der Waals surface area contributed by atoms with Gasteiger partial charge < -0.3 is 19.9 Å². The fraction of sp³-hybridized carbons (Fsp3) is 0.375. The third-order valence-corrected chi connectivity index (χ3v) is 8.51. The van der Waals surface area contributed by atoms with Crippen molar-refractivity contribution >= 4 is 16.8 Å². The zero-order chi connectivity index (χ0) is 33.9. The van der Waals surface area contributed by atoms with Crippen LogP contribution in [0.5, 0.6) is 11.5 Å². The molecule has 47 heavy (non-hydrogen) atoms. The Kier molecular flexibility index (Phi) is 8.07. The van der Waals surface area contributed by atoms with Crippen LogP contribution in [0.15, 0.2) is 42.5 Å². The number of rotatable bonds is 9. The zero-order valence-corrected chi connectivity index (χ0v) is 25.7. The van der Waals surface area contributed by atoms with E-state index in [1.54, 1.807) is 19.9 Å². The summed E-state index contributed by atoms with van der Waals surface area (Å²) in [5.74, 6) is 4.50. The quantitative estimate of drug-likeness (QED) is 0.114. The highest BCUT2D eigenvalue weighted by Crippen LogP contribution is 2.48. The van der Waals surface area contributed by atoms with E-state index in [2.05, 4.69) is 20.5 Å². The van der Waals surface area contributed by atoms with Crippen LogP contribution in [-0.4, -0.2) is 62.0 Å². The van der Waals surface area contributed by atoms with Crippen molar-refractivity contribution in [1.82, 2.24) is 25.7 Å². The number of nitrogens with two attached hydrogens (primary N) is 1. The van der Waals surface area contributed by atoms with Crippen molar-refractivity contribution in [1.29, 1.82) is 0 Å². The molecule has 2 atom stereocenters. The van der Waals surface area contributed by atoms with Gasteiger partial charge in [0, 0.05) is 22.1 Å². The molecule has 1 fully saturated rings. The van der Waals surface area contributed by atoms with E-state index in [9.17, 15) is 32.7 Å². The molecule has 1 amide bonds. The van der Waals surface area contributed by atoms with E-state index >= 15 is 0 Å². The van der Waals surface area contributed by atoms with Crippen molar-refractivity contribution in [3.05, 3.63) is 76.4 Å². The number of aromatic nitrogens is 3. The van der Waals surface area contributed by atoms with Crippen LogP contribution in [0.2, 0.25) is 0 Å². The summed E-state index contributed by atoms with van der Waals surface area (Å²) in [6.45, 7) is 3.23. The largest absolute Gasteiger partial charge is 0.488 e. The second kappa shape index (κ2) is 11.7. The number of carbonyl (C=O) groups excluding carboxylic acids is 1. The van der Waals surface area contributed by atoms with Gasteiger partial charge in [-0.2, -0.15) is 18.3 Å². The Hall–Kier alpha value is -4.44. The number of carbonyl (C=O) groups is 1. The maximum Gasteiger partial charge on any atom is 0.424 e. The van der Waals surface area contributed by atoms with Gasteiger partial charge in [0.05, 0.1) is 24.0 Å². The summed E-state index contributed by atoms with van der Waals surface area (Å²) >= 11 is 0. The second-order valence-electron chi connectivity index (χ2n) is 12.1. The molecular formula is C32H32F4N6O5. The second-order valence-corrected chi connectivity index (χ2v) is 12.1. The number of aliphatic hydroxyl groups is 1. The number of nitrogens with zero attached hydrogens (tertiary/aromatic N) is 4. The first-order valence-electron chi connectivity index (χ1n) is 14.9. The average molecular weight is 657 g/mol. The van der Waals surface area contributed by atoms with E-state index in [1.807, 2.05) is 0 Å². The molecule has 0 bridgehead atoms. The topological polar surface area (TPSA) is 156 Å². The molecule has 11 nitrogen and oxygen atoms in total. The van der Waals surface area contributed by atoms with Gasteiger partial charge in [0.1, 0.15) is 34.9 Å². The maximum absolute atomic E-state index is 14.9. The Balaban J connectivity index is 1.42. The first kappa shape index (κ1) is 32.5. The molecule has 5 N–H and O–H groups in total. The smallest absolute Gasteiger partial charge is 0.424 e. The number of fused-ring (bicyclic) bond motifs is 2. The van der Waals surface area contributed by atoms with Crippen molar-refractivity contribution in [2.45, 2.75) is 63.5 Å². The van der Waals surface area contributed by atoms with Crippen LogP contribution in [0.3, 0.4) is 0 Å². The monoisotopic (exact) mass is 656 g/mol. The summed E-state index contributed by atoms with van der Waals surface area (Å²) in [7, 11) is 0. The Bertz CT molecular complexity index is 1890. The van der Waals surface area contributed by atoms with Crippen LogP contribution in [0, 0.1) is 12.7 Å². The van der Waals surface area contributed by atoms with E-state index < -0.39 is 41.3 Å². The van der Waals surface area contributed by atoms with Crippen LogP contribution in [-0.2, 0) is 17.6 Å². The number of alkyl halides is 3. The number of benzene rings is 2. The van der Waals surface area contributed by atoms with Crippen LogP contribution in [0.1, 0.15) is 59.6 Å². The standard InChI is InChI=1S/C32H32F4N6O5/c1-4-17-10-18(5-8-23(17)33)27-28-22(30(3,15-46-28)42(37)45)13-25(39-27)31(44,32(34,35)36)14-38-29(43)20-11-19-9-16(2)40-41-26(19)24(12-20)47-21-6-7-21/h5,8-13,21,44-45H,4,6-7,14-15,37H2,1-3H3,(H,38,43)/t30-,31-/m0/s1. The van der Waals surface area contributed by atoms with Crippen molar-refractivity contribution in [3.63, 3.8) is 0 Å². The lowest BCUT2D eigenvalue weighted by atomic mass is 9.88. The van der Waals surface area contributed by atoms with Crippen LogP contribution >= 0.6 is 0 Å². The molecule has 15 heteroatoms. The maximum atomic E-state index is 14.9. The highest BCUT2D eigenvalue weighted by molar-refractivity contribution is 6.00. The fourth-order valence-corrected chi connectivity index (χ4v) is 5.42. The summed E-state index contributed by atoms with van der Waals surface area (Å²) in [4.78, 5) is 17.6. The number of hydrogen-bond acceptors (Lipinski definition) is 10. The van der Waals surface area contributed by atoms with Gasteiger partial charge in [-0.05, 0) is 81.1 Å². The number of hydrazine groups is 1. The first-order chi connectivity index (χ1) is 22.1. The van der Waals surface area contributed by atoms with Gasteiger partial charge in [0.25, 0.3) is 5.91 Å². The lowest BCUT2D eigenvalue weighted by molar-refractivity contribution is -0.265. The number of ether oxygens (including phenoxy) is 2. The van der Waals surface area contributed by atoms with Crippen molar-refractivity contribution in [2.24, 2.45) is 5.84 Å². The van der Waals surface area contributed by atoms with Crippen molar-refractivity contribution in [3.8, 4) is 22.8 Å². The molecular weight excluding hydrogens is 624 g/mol. The normalized spacial score (nSPS) is 19.0. The van der Waals surface area contributed by atoms with Crippen molar-refractivity contribution in [2.75, 3.05) is 13.2 Å². The van der Waals surface area contributed by atoms with Gasteiger partial charge in [-0.3, -0.25) is 10.0 Å². The van der Waals surface area contributed by atoms with Crippen LogP contribution < -0.4 is 20.6 Å². The van der Waals surface area contributed by atoms with E-state index in [4.69, 9.17) is 15.3 Å². The Morgan fingerprint density at radius 2 is 1.94 bits per heavy atom. The molecule has 0 radical (unpaired) electrons. The van der Waals surface area contributed by atoms with E-state index in [-0.39, 0.29) is 58.6 Å². The minimum absolute atomic E-state index is 0.000666. The molecule has 6 rings (SSSR count). The van der Waals surface area contributed by atoms with Gasteiger partial charge in [0.15, 0.2) is 5.75 Å². The van der Waals surface area contributed by atoms with E-state index in [0.717, 1.165) is 25.0 Å². The summed E-state index contributed by atoms with van der Waals surface area (Å²) in [5, 5.41) is 32.9. The van der Waals surface area contributed by atoms with Gasteiger partial charge in [-0.15, -0.1) is 10.3 Å². The Morgan fingerprint density at radius 3 is 2.60 bits per heavy atom. The first-order valence-corrected chi connectivity index (χ1v) is 14.9. The average Bonchev–Trinajstić information content (AvgIpc) is 3.78. The number of pyridine rings is 1. The van der Waals surface area contributed by atoms with E-state index in [1.165, 1.54) is 31.2 Å². The molecule has 248 valence electrons. The van der Waals surface area contributed by atoms with Crippen LogP contribution in [0.25, 0.3) is 22.2 Å². The predicted octanol–water partition coefficient (Wildman–Crippen LogP) is 4.60. The van der Waals surface area contributed by atoms with Crippen molar-refractivity contribution < 1.29 is 42.1 Å². The Labute approximate surface area is 266 Å². The SMILES string of the molecule is CCc1cc(-c2nc([C@@](O)(CNC(=O)c3cc(OC4CC4)c4nnc(C)cc4c3)C(F)(F)F)cc3c2OC[C@]3(C)N(N)O)ccc1F. The number of amides is 1. The van der Waals surface area contributed by atoms with Gasteiger partial charge in [-0.1, -0.05) is 6.92 Å². The summed E-state index contributed by atoms with van der Waals surface area (Å²) in [5.41, 5.74) is -4.92. The molecule has 1 saturated carbocycles. The molecule has 4 aromatic rings. The molecule has 0 spiro atoms. The van der Waals surface area contributed by atoms with Gasteiger partial charge >= 0.3 is 6.18 Å². The molecule has 0 saturated heterocycles. The highest BCUT2D eigenvalue weighted by atomic mass is 19.4. The number of hydrogen-bond donors (Lipinski definition) is 4. The van der Waals surface area contributed by atoms with Gasteiger partial charge in [-0.25, -0.2) is 15.2 Å². The third kappa shape index (κ3) is 5.84. The molecule has 2 aliphatic rings. The van der Waals surface area contributed by atoms with Crippen LogP contribution in [0.4, 0.5) is 17.6 Å².